The third-order valence-electron chi connectivity index (χ3n) is 2.29. The van der Waals surface area contributed by atoms with E-state index in [1.54, 1.807) is 7.11 Å². The molecule has 1 aromatic rings. The van der Waals surface area contributed by atoms with E-state index in [9.17, 15) is 4.79 Å². The number of methoxy groups -OCH3 is 1. The van der Waals surface area contributed by atoms with E-state index in [-0.39, 0.29) is 0 Å². The number of ether oxygens (including phenoxy) is 1. The smallest absolute Gasteiger partial charge is 0.144 e. The summed E-state index contributed by atoms with van der Waals surface area (Å²) >= 11 is 5.96. The van der Waals surface area contributed by atoms with Crippen molar-refractivity contribution in [2.45, 2.75) is 13.8 Å². The van der Waals surface area contributed by atoms with E-state index in [1.807, 2.05) is 26.0 Å². The Hall–Kier alpha value is -1.28. The summed E-state index contributed by atoms with van der Waals surface area (Å²) in [5.41, 5.74) is 2.99. The highest BCUT2D eigenvalue weighted by atomic mass is 35.5. The number of carbonyl (C=O) groups excluding carboxylic acids is 1. The van der Waals surface area contributed by atoms with Crippen molar-refractivity contribution in [3.8, 4) is 5.75 Å². The lowest BCUT2D eigenvalue weighted by molar-refractivity contribution is -0.104. The molecule has 0 radical (unpaired) electrons. The monoisotopic (exact) mass is 224 g/mol. The molecule has 0 aliphatic heterocycles. The molecule has 2 nitrogen and oxygen atoms in total. The van der Waals surface area contributed by atoms with Crippen LogP contribution in [0.5, 0.6) is 5.75 Å². The quantitative estimate of drug-likeness (QED) is 0.583. The normalized spacial score (nSPS) is 11.3. The molecule has 3 heteroatoms. The standard InChI is InChI=1S/C12H13ClO2/c1-8-6-10(11(13)4-5-14)12(15-3)7-9(8)2/h4-7H,1-3H3/b11-4-. The van der Waals surface area contributed by atoms with Crippen molar-refractivity contribution in [1.29, 1.82) is 0 Å². The number of hydrogen-bond donors (Lipinski definition) is 0. The minimum atomic E-state index is 0.393. The van der Waals surface area contributed by atoms with Crippen LogP contribution in [-0.2, 0) is 4.79 Å². The molecule has 0 N–H and O–H groups in total. The summed E-state index contributed by atoms with van der Waals surface area (Å²) in [5.74, 6) is 0.682. The topological polar surface area (TPSA) is 26.3 Å². The molecule has 0 spiro atoms. The van der Waals surface area contributed by atoms with Gasteiger partial charge < -0.3 is 4.74 Å². The van der Waals surface area contributed by atoms with Crippen LogP contribution in [0.25, 0.3) is 5.03 Å². The number of aryl methyl sites for hydroxylation is 2. The second-order valence-electron chi connectivity index (χ2n) is 3.29. The zero-order valence-corrected chi connectivity index (χ0v) is 9.76. The highest BCUT2D eigenvalue weighted by molar-refractivity contribution is 6.50. The zero-order chi connectivity index (χ0) is 11.4. The molecule has 0 aliphatic carbocycles. The van der Waals surface area contributed by atoms with Crippen LogP contribution in [0.3, 0.4) is 0 Å². The largest absolute Gasteiger partial charge is 0.496 e. The maximum Gasteiger partial charge on any atom is 0.144 e. The Labute approximate surface area is 94.5 Å². The van der Waals surface area contributed by atoms with E-state index in [1.165, 1.54) is 6.08 Å². The van der Waals surface area contributed by atoms with Crippen molar-refractivity contribution < 1.29 is 9.53 Å². The summed E-state index contributed by atoms with van der Waals surface area (Å²) in [6.45, 7) is 3.99. The zero-order valence-electron chi connectivity index (χ0n) is 9.00. The Balaban J connectivity index is 3.33. The van der Waals surface area contributed by atoms with Gasteiger partial charge in [0.15, 0.2) is 0 Å². The first kappa shape index (κ1) is 11.8. The predicted octanol–water partition coefficient (Wildman–Crippen LogP) is 3.09. The summed E-state index contributed by atoms with van der Waals surface area (Å²) in [6.07, 6.45) is 1.98. The van der Waals surface area contributed by atoms with Gasteiger partial charge in [-0.1, -0.05) is 11.6 Å². The summed E-state index contributed by atoms with van der Waals surface area (Å²) < 4.78 is 5.21. The first-order valence-corrected chi connectivity index (χ1v) is 4.94. The van der Waals surface area contributed by atoms with E-state index in [4.69, 9.17) is 16.3 Å². The van der Waals surface area contributed by atoms with Gasteiger partial charge in [-0.05, 0) is 43.2 Å². The minimum Gasteiger partial charge on any atom is -0.496 e. The molecule has 0 heterocycles. The fraction of sp³-hybridized carbons (Fsp3) is 0.250. The molecule has 0 fully saturated rings. The fourth-order valence-corrected chi connectivity index (χ4v) is 1.49. The third-order valence-corrected chi connectivity index (χ3v) is 2.62. The molecule has 0 amide bonds. The second-order valence-corrected chi connectivity index (χ2v) is 3.69. The molecular weight excluding hydrogens is 212 g/mol. The number of allylic oxidation sites excluding steroid dienone is 1. The molecule has 0 saturated heterocycles. The van der Waals surface area contributed by atoms with Gasteiger partial charge >= 0.3 is 0 Å². The van der Waals surface area contributed by atoms with Crippen molar-refractivity contribution in [1.82, 2.24) is 0 Å². The van der Waals surface area contributed by atoms with Gasteiger partial charge in [0.1, 0.15) is 12.0 Å². The summed E-state index contributed by atoms with van der Waals surface area (Å²) in [7, 11) is 1.58. The molecule has 80 valence electrons. The van der Waals surface area contributed by atoms with Gasteiger partial charge in [0, 0.05) is 5.56 Å². The van der Waals surface area contributed by atoms with E-state index < -0.39 is 0 Å². The summed E-state index contributed by atoms with van der Waals surface area (Å²) in [6, 6.07) is 3.82. The predicted molar refractivity (Wildman–Crippen MR) is 62.4 cm³/mol. The van der Waals surface area contributed by atoms with E-state index in [2.05, 4.69) is 0 Å². The van der Waals surface area contributed by atoms with Crippen molar-refractivity contribution in [3.05, 3.63) is 34.9 Å². The van der Waals surface area contributed by atoms with E-state index in [0.717, 1.165) is 16.7 Å². The van der Waals surface area contributed by atoms with Gasteiger partial charge in [-0.2, -0.15) is 0 Å². The number of halogens is 1. The van der Waals surface area contributed by atoms with Crippen LogP contribution >= 0.6 is 11.6 Å². The number of aldehydes is 1. The van der Waals surface area contributed by atoms with Crippen LogP contribution in [0.2, 0.25) is 0 Å². The Morgan fingerprint density at radius 1 is 1.33 bits per heavy atom. The molecule has 0 unspecified atom stereocenters. The molecular formula is C12H13ClO2. The van der Waals surface area contributed by atoms with Crippen LogP contribution in [0.15, 0.2) is 18.2 Å². The van der Waals surface area contributed by atoms with Gasteiger partial charge in [-0.25, -0.2) is 0 Å². The highest BCUT2D eigenvalue weighted by Gasteiger charge is 2.08. The summed E-state index contributed by atoms with van der Waals surface area (Å²) in [4.78, 5) is 10.3. The lowest BCUT2D eigenvalue weighted by atomic mass is 10.0. The van der Waals surface area contributed by atoms with Crippen LogP contribution in [-0.4, -0.2) is 13.4 Å². The number of hydrogen-bond acceptors (Lipinski definition) is 2. The van der Waals surface area contributed by atoms with Gasteiger partial charge in [-0.3, -0.25) is 4.79 Å². The molecule has 0 aliphatic rings. The first-order valence-electron chi connectivity index (χ1n) is 4.56. The molecule has 1 aromatic carbocycles. The second kappa shape index (κ2) is 4.99. The molecule has 0 aromatic heterocycles. The lowest BCUT2D eigenvalue weighted by Gasteiger charge is -2.10. The van der Waals surface area contributed by atoms with Crippen LogP contribution in [0.1, 0.15) is 16.7 Å². The van der Waals surface area contributed by atoms with Gasteiger partial charge in [0.2, 0.25) is 0 Å². The lowest BCUT2D eigenvalue weighted by Crippen LogP contribution is -1.92. The molecule has 0 saturated carbocycles. The molecule has 15 heavy (non-hydrogen) atoms. The highest BCUT2D eigenvalue weighted by Crippen LogP contribution is 2.31. The molecule has 0 atom stereocenters. The van der Waals surface area contributed by atoms with Crippen LogP contribution in [0, 0.1) is 13.8 Å². The van der Waals surface area contributed by atoms with Crippen LogP contribution in [0.4, 0.5) is 0 Å². The van der Waals surface area contributed by atoms with Gasteiger partial charge in [0.05, 0.1) is 12.1 Å². The SMILES string of the molecule is COc1cc(C)c(C)cc1/C(Cl)=C/C=O. The van der Waals surface area contributed by atoms with E-state index in [0.29, 0.717) is 17.1 Å². The van der Waals surface area contributed by atoms with E-state index >= 15 is 0 Å². The van der Waals surface area contributed by atoms with Crippen molar-refractivity contribution in [2.75, 3.05) is 7.11 Å². The number of benzene rings is 1. The van der Waals surface area contributed by atoms with Gasteiger partial charge in [0.25, 0.3) is 0 Å². The average Bonchev–Trinajstić information content (AvgIpc) is 2.21. The Bertz CT molecular complexity index is 408. The van der Waals surface area contributed by atoms with Crippen molar-refractivity contribution in [3.63, 3.8) is 0 Å². The first-order chi connectivity index (χ1) is 7.10. The van der Waals surface area contributed by atoms with Gasteiger partial charge in [-0.15, -0.1) is 0 Å². The number of carbonyl (C=O) groups is 1. The fourth-order valence-electron chi connectivity index (χ4n) is 1.29. The Morgan fingerprint density at radius 2 is 1.93 bits per heavy atom. The maximum atomic E-state index is 10.3. The Kier molecular flexibility index (Phi) is 3.92. The third kappa shape index (κ3) is 2.60. The van der Waals surface area contributed by atoms with Crippen molar-refractivity contribution >= 4 is 22.9 Å². The molecule has 0 bridgehead atoms. The molecule has 1 rings (SSSR count). The number of rotatable bonds is 3. The minimum absolute atomic E-state index is 0.393. The summed E-state index contributed by atoms with van der Waals surface area (Å²) in [5, 5.41) is 0.393. The maximum absolute atomic E-state index is 10.3. The van der Waals surface area contributed by atoms with Crippen LogP contribution < -0.4 is 4.74 Å². The van der Waals surface area contributed by atoms with Crippen molar-refractivity contribution in [2.24, 2.45) is 0 Å². The Morgan fingerprint density at radius 3 is 2.47 bits per heavy atom. The average molecular weight is 225 g/mol.